The third kappa shape index (κ3) is 3.78. The molecule has 26 heavy (non-hydrogen) atoms. The van der Waals surface area contributed by atoms with Gasteiger partial charge in [-0.1, -0.05) is 42.5 Å². The molecule has 2 aromatic heterocycles. The van der Waals surface area contributed by atoms with Crippen molar-refractivity contribution < 1.29 is 0 Å². The lowest BCUT2D eigenvalue weighted by Gasteiger charge is -2.21. The average molecular weight is 341 g/mol. The number of hydrogen-bond donors (Lipinski definition) is 1. The Hall–Kier alpha value is -3.47. The Morgan fingerprint density at radius 3 is 2.31 bits per heavy atom. The van der Waals surface area contributed by atoms with Crippen LogP contribution in [0.25, 0.3) is 0 Å². The van der Waals surface area contributed by atoms with E-state index in [-0.39, 0.29) is 6.04 Å². The fraction of sp³-hybridized carbons (Fsp3) is 0.0952. The van der Waals surface area contributed by atoms with E-state index in [0.29, 0.717) is 0 Å². The van der Waals surface area contributed by atoms with E-state index >= 15 is 0 Å². The highest BCUT2D eigenvalue weighted by molar-refractivity contribution is 5.50. The minimum absolute atomic E-state index is 0.0596. The summed E-state index contributed by atoms with van der Waals surface area (Å²) in [6, 6.07) is 23.0. The summed E-state index contributed by atoms with van der Waals surface area (Å²) >= 11 is 0. The van der Waals surface area contributed by atoms with Gasteiger partial charge in [-0.15, -0.1) is 10.2 Å². The summed E-state index contributed by atoms with van der Waals surface area (Å²) in [5.74, 6) is 0. The first-order chi connectivity index (χ1) is 12.9. The van der Waals surface area contributed by atoms with E-state index in [1.807, 2.05) is 35.2 Å². The molecule has 2 aromatic carbocycles. The molecule has 0 saturated heterocycles. The molecule has 0 unspecified atom stereocenters. The van der Waals surface area contributed by atoms with Crippen LogP contribution in [0.1, 0.15) is 22.7 Å². The standard InChI is InChI=1S/C21H19N5/c1-2-6-18(7-3-1)21(19-9-11-22-12-10-19)25-20-8-4-5-17(13-20)14-26-15-23-24-16-26/h1-13,15-16,21,25H,14H2/t21-/m0/s1. The van der Waals surface area contributed by atoms with Gasteiger partial charge in [0.2, 0.25) is 0 Å². The summed E-state index contributed by atoms with van der Waals surface area (Å²) in [5.41, 5.74) is 4.65. The second-order valence-corrected chi connectivity index (χ2v) is 6.10. The van der Waals surface area contributed by atoms with Crippen molar-refractivity contribution in [3.63, 3.8) is 0 Å². The number of nitrogens with zero attached hydrogens (tertiary/aromatic N) is 4. The van der Waals surface area contributed by atoms with Crippen LogP contribution in [0.5, 0.6) is 0 Å². The Morgan fingerprint density at radius 2 is 1.54 bits per heavy atom. The molecule has 1 N–H and O–H groups in total. The molecule has 0 aliphatic heterocycles. The fourth-order valence-corrected chi connectivity index (χ4v) is 3.00. The number of benzene rings is 2. The molecule has 4 rings (SSSR count). The Bertz CT molecular complexity index is 897. The van der Waals surface area contributed by atoms with Gasteiger partial charge in [0.25, 0.3) is 0 Å². The summed E-state index contributed by atoms with van der Waals surface area (Å²) in [6.45, 7) is 0.744. The molecule has 0 bridgehead atoms. The van der Waals surface area contributed by atoms with Gasteiger partial charge >= 0.3 is 0 Å². The Labute approximate surface area is 152 Å². The van der Waals surface area contributed by atoms with Gasteiger partial charge in [0.1, 0.15) is 12.7 Å². The molecule has 0 aliphatic rings. The Morgan fingerprint density at radius 1 is 0.808 bits per heavy atom. The molecule has 4 aromatic rings. The maximum atomic E-state index is 4.14. The van der Waals surface area contributed by atoms with Gasteiger partial charge < -0.3 is 9.88 Å². The molecule has 5 nitrogen and oxygen atoms in total. The van der Waals surface area contributed by atoms with Crippen molar-refractivity contribution in [1.82, 2.24) is 19.7 Å². The van der Waals surface area contributed by atoms with Gasteiger partial charge in [-0.3, -0.25) is 4.98 Å². The van der Waals surface area contributed by atoms with Crippen molar-refractivity contribution >= 4 is 5.69 Å². The first-order valence-corrected chi connectivity index (χ1v) is 8.51. The molecule has 0 amide bonds. The van der Waals surface area contributed by atoms with E-state index in [1.165, 1.54) is 16.7 Å². The van der Waals surface area contributed by atoms with Crippen LogP contribution in [0.2, 0.25) is 0 Å². The molecule has 128 valence electrons. The van der Waals surface area contributed by atoms with E-state index in [9.17, 15) is 0 Å². The van der Waals surface area contributed by atoms with Crippen molar-refractivity contribution in [2.24, 2.45) is 0 Å². The Kier molecular flexibility index (Phi) is 4.69. The third-order valence-electron chi connectivity index (χ3n) is 4.24. The zero-order valence-corrected chi connectivity index (χ0v) is 14.2. The summed E-state index contributed by atoms with van der Waals surface area (Å²) < 4.78 is 1.96. The molecule has 1 atom stereocenters. The van der Waals surface area contributed by atoms with E-state index in [4.69, 9.17) is 0 Å². The predicted molar refractivity (Wildman–Crippen MR) is 102 cm³/mol. The lowest BCUT2D eigenvalue weighted by atomic mass is 9.99. The first kappa shape index (κ1) is 16.0. The molecule has 5 heteroatoms. The highest BCUT2D eigenvalue weighted by Gasteiger charge is 2.13. The molecule has 0 radical (unpaired) electrons. The summed E-state index contributed by atoms with van der Waals surface area (Å²) in [7, 11) is 0. The highest BCUT2D eigenvalue weighted by Crippen LogP contribution is 2.26. The van der Waals surface area contributed by atoms with Crippen LogP contribution in [0.4, 0.5) is 5.69 Å². The second kappa shape index (κ2) is 7.61. The van der Waals surface area contributed by atoms with Crippen molar-refractivity contribution in [1.29, 1.82) is 0 Å². The fourth-order valence-electron chi connectivity index (χ4n) is 3.00. The van der Waals surface area contributed by atoms with Crippen molar-refractivity contribution in [3.8, 4) is 0 Å². The first-order valence-electron chi connectivity index (χ1n) is 8.51. The summed E-state index contributed by atoms with van der Waals surface area (Å²) in [4.78, 5) is 4.14. The van der Waals surface area contributed by atoms with E-state index in [1.54, 1.807) is 12.7 Å². The molecule has 0 aliphatic carbocycles. The smallest absolute Gasteiger partial charge is 0.119 e. The average Bonchev–Trinajstić information content (AvgIpc) is 3.21. The maximum Gasteiger partial charge on any atom is 0.119 e. The number of nitrogens with one attached hydrogen (secondary N) is 1. The predicted octanol–water partition coefficient (Wildman–Crippen LogP) is 3.92. The van der Waals surface area contributed by atoms with Crippen LogP contribution in [0.15, 0.2) is 91.8 Å². The second-order valence-electron chi connectivity index (χ2n) is 6.10. The van der Waals surface area contributed by atoms with Crippen molar-refractivity contribution in [3.05, 3.63) is 108 Å². The molecule has 0 fully saturated rings. The minimum atomic E-state index is 0.0596. The number of hydrogen-bond acceptors (Lipinski definition) is 4. The van der Waals surface area contributed by atoms with Crippen LogP contribution in [0, 0.1) is 0 Å². The number of aromatic nitrogens is 4. The lowest BCUT2D eigenvalue weighted by molar-refractivity contribution is 0.794. The molecule has 0 saturated carbocycles. The lowest BCUT2D eigenvalue weighted by Crippen LogP contribution is -2.12. The van der Waals surface area contributed by atoms with Crippen LogP contribution in [-0.2, 0) is 6.54 Å². The minimum Gasteiger partial charge on any atom is -0.374 e. The topological polar surface area (TPSA) is 55.6 Å². The summed E-state index contributed by atoms with van der Waals surface area (Å²) in [5, 5.41) is 11.4. The van der Waals surface area contributed by atoms with Crippen molar-refractivity contribution in [2.75, 3.05) is 5.32 Å². The largest absolute Gasteiger partial charge is 0.374 e. The van der Waals surface area contributed by atoms with Gasteiger partial charge in [0.05, 0.1) is 12.6 Å². The number of anilines is 1. The van der Waals surface area contributed by atoms with E-state index in [2.05, 4.69) is 69.0 Å². The Balaban J connectivity index is 1.62. The quantitative estimate of drug-likeness (QED) is 0.577. The van der Waals surface area contributed by atoms with Crippen molar-refractivity contribution in [2.45, 2.75) is 12.6 Å². The maximum absolute atomic E-state index is 4.14. The SMILES string of the molecule is c1ccc([C@H](Nc2cccc(Cn3cnnc3)c2)c2ccncc2)cc1. The third-order valence-corrected chi connectivity index (χ3v) is 4.24. The molecular formula is C21H19N5. The van der Waals surface area contributed by atoms with Gasteiger partial charge in [0, 0.05) is 18.1 Å². The zero-order valence-electron chi connectivity index (χ0n) is 14.2. The number of pyridine rings is 1. The van der Waals surface area contributed by atoms with Crippen LogP contribution in [-0.4, -0.2) is 19.7 Å². The zero-order chi connectivity index (χ0) is 17.6. The van der Waals surface area contributed by atoms with Gasteiger partial charge in [-0.2, -0.15) is 0 Å². The van der Waals surface area contributed by atoms with E-state index in [0.717, 1.165) is 12.2 Å². The highest BCUT2D eigenvalue weighted by atomic mass is 15.2. The molecule has 0 spiro atoms. The normalized spacial score (nSPS) is 11.8. The monoisotopic (exact) mass is 341 g/mol. The van der Waals surface area contributed by atoms with Crippen LogP contribution < -0.4 is 5.32 Å². The van der Waals surface area contributed by atoms with E-state index < -0.39 is 0 Å². The van der Waals surface area contributed by atoms with Gasteiger partial charge in [-0.05, 0) is 41.0 Å². The summed E-state index contributed by atoms with van der Waals surface area (Å²) in [6.07, 6.45) is 7.11. The molecule has 2 heterocycles. The molecular weight excluding hydrogens is 322 g/mol. The number of rotatable bonds is 6. The van der Waals surface area contributed by atoms with Gasteiger partial charge in [-0.25, -0.2) is 0 Å². The van der Waals surface area contributed by atoms with Gasteiger partial charge in [0.15, 0.2) is 0 Å². The van der Waals surface area contributed by atoms with Crippen LogP contribution in [0.3, 0.4) is 0 Å². The van der Waals surface area contributed by atoms with Crippen LogP contribution >= 0.6 is 0 Å².